The molecule has 32 heavy (non-hydrogen) atoms. The molecule has 2 amide bonds. The molecule has 4 rings (SSSR count). The van der Waals surface area contributed by atoms with Crippen molar-refractivity contribution in [2.75, 3.05) is 38.1 Å². The van der Waals surface area contributed by atoms with Gasteiger partial charge < -0.3 is 15.0 Å². The van der Waals surface area contributed by atoms with Crippen LogP contribution in [0, 0.1) is 5.92 Å². The predicted molar refractivity (Wildman–Crippen MR) is 126 cm³/mol. The molecule has 1 N–H and O–H groups in total. The zero-order valence-electron chi connectivity index (χ0n) is 19.0. The summed E-state index contributed by atoms with van der Waals surface area (Å²) in [6, 6.07) is 15.1. The maximum Gasteiger partial charge on any atom is 0.244 e. The third-order valence-electron chi connectivity index (χ3n) is 6.51. The zero-order chi connectivity index (χ0) is 22.5. The number of nitrogens with one attached hydrogen (secondary N) is 1. The Morgan fingerprint density at radius 3 is 2.47 bits per heavy atom. The quantitative estimate of drug-likeness (QED) is 0.748. The van der Waals surface area contributed by atoms with Crippen LogP contribution in [0.25, 0.3) is 0 Å². The Bertz CT molecular complexity index is 936. The lowest BCUT2D eigenvalue weighted by Gasteiger charge is -2.40. The standard InChI is InChI=1S/C26H33N3O3/c1-3-32-22-10-8-21(9-11-22)27-24(30)18-29-17-14-20-6-4-5-7-23(20)25(29)26(31)28-15-12-19(2)13-16-28/h4-11,19,25H,3,12-18H2,1-2H3,(H,27,30). The van der Waals surface area contributed by atoms with Crippen LogP contribution in [0.15, 0.2) is 48.5 Å². The van der Waals surface area contributed by atoms with Crippen molar-refractivity contribution in [2.45, 2.75) is 39.2 Å². The number of carbonyl (C=O) groups is 2. The number of likely N-dealkylation sites (tertiary alicyclic amines) is 1. The van der Waals surface area contributed by atoms with Gasteiger partial charge in [0.15, 0.2) is 0 Å². The van der Waals surface area contributed by atoms with Crippen LogP contribution in [0.5, 0.6) is 5.75 Å². The fraction of sp³-hybridized carbons (Fsp3) is 0.462. The average Bonchev–Trinajstić information content (AvgIpc) is 2.80. The van der Waals surface area contributed by atoms with E-state index in [4.69, 9.17) is 4.74 Å². The highest BCUT2D eigenvalue weighted by molar-refractivity contribution is 5.93. The smallest absolute Gasteiger partial charge is 0.244 e. The predicted octanol–water partition coefficient (Wildman–Crippen LogP) is 3.88. The van der Waals surface area contributed by atoms with Crippen molar-refractivity contribution in [2.24, 2.45) is 5.92 Å². The van der Waals surface area contributed by atoms with Gasteiger partial charge in [-0.15, -0.1) is 0 Å². The number of carbonyl (C=O) groups excluding carboxylic acids is 2. The maximum atomic E-state index is 13.6. The van der Waals surface area contributed by atoms with Gasteiger partial charge >= 0.3 is 0 Å². The van der Waals surface area contributed by atoms with Gasteiger partial charge in [0.05, 0.1) is 13.2 Å². The molecule has 1 atom stereocenters. The number of anilines is 1. The summed E-state index contributed by atoms with van der Waals surface area (Å²) < 4.78 is 5.46. The molecule has 2 aliphatic rings. The van der Waals surface area contributed by atoms with Crippen LogP contribution in [0.2, 0.25) is 0 Å². The lowest BCUT2D eigenvalue weighted by molar-refractivity contribution is -0.139. The van der Waals surface area contributed by atoms with Gasteiger partial charge in [0.2, 0.25) is 11.8 Å². The minimum absolute atomic E-state index is 0.112. The van der Waals surface area contributed by atoms with Crippen LogP contribution in [0.4, 0.5) is 5.69 Å². The summed E-state index contributed by atoms with van der Waals surface area (Å²) in [7, 11) is 0. The second kappa shape index (κ2) is 10.2. The topological polar surface area (TPSA) is 61.9 Å². The van der Waals surface area contributed by atoms with Crippen molar-refractivity contribution in [1.29, 1.82) is 0 Å². The molecule has 6 heteroatoms. The van der Waals surface area contributed by atoms with Crippen LogP contribution in [-0.4, -0.2) is 54.4 Å². The van der Waals surface area contributed by atoms with Crippen LogP contribution >= 0.6 is 0 Å². The minimum atomic E-state index is -0.403. The van der Waals surface area contributed by atoms with Crippen molar-refractivity contribution in [3.05, 3.63) is 59.7 Å². The Labute approximate surface area is 190 Å². The van der Waals surface area contributed by atoms with Crippen molar-refractivity contribution >= 4 is 17.5 Å². The molecule has 0 aromatic heterocycles. The molecule has 1 fully saturated rings. The molecule has 170 valence electrons. The molecule has 2 heterocycles. The summed E-state index contributed by atoms with van der Waals surface area (Å²) in [4.78, 5) is 30.5. The Balaban J connectivity index is 1.48. The second-order valence-electron chi connectivity index (χ2n) is 8.84. The Morgan fingerprint density at radius 2 is 1.75 bits per heavy atom. The van der Waals surface area contributed by atoms with E-state index in [1.54, 1.807) is 0 Å². The van der Waals surface area contributed by atoms with E-state index in [0.717, 1.165) is 49.4 Å². The fourth-order valence-corrected chi connectivity index (χ4v) is 4.67. The number of hydrogen-bond acceptors (Lipinski definition) is 4. The van der Waals surface area contributed by atoms with Gasteiger partial charge in [-0.1, -0.05) is 31.2 Å². The Kier molecular flexibility index (Phi) is 7.10. The second-order valence-corrected chi connectivity index (χ2v) is 8.84. The van der Waals surface area contributed by atoms with Gasteiger partial charge in [-0.3, -0.25) is 14.5 Å². The normalized spacial score (nSPS) is 19.3. The molecule has 2 aromatic rings. The van der Waals surface area contributed by atoms with Gasteiger partial charge in [-0.25, -0.2) is 0 Å². The maximum absolute atomic E-state index is 13.6. The number of hydrogen-bond donors (Lipinski definition) is 1. The number of fused-ring (bicyclic) bond motifs is 1. The van der Waals surface area contributed by atoms with Crippen LogP contribution in [0.1, 0.15) is 43.9 Å². The summed E-state index contributed by atoms with van der Waals surface area (Å²) in [5, 5.41) is 2.97. The van der Waals surface area contributed by atoms with Gasteiger partial charge in [-0.05, 0) is 67.5 Å². The fourth-order valence-electron chi connectivity index (χ4n) is 4.67. The summed E-state index contributed by atoms with van der Waals surface area (Å²) in [6.07, 6.45) is 2.92. The highest BCUT2D eigenvalue weighted by atomic mass is 16.5. The van der Waals surface area contributed by atoms with Crippen LogP contribution in [0.3, 0.4) is 0 Å². The SMILES string of the molecule is CCOc1ccc(NC(=O)CN2CCc3ccccc3C2C(=O)N2CCC(C)CC2)cc1. The molecule has 6 nitrogen and oxygen atoms in total. The number of benzene rings is 2. The van der Waals surface area contributed by atoms with E-state index in [1.807, 2.05) is 59.2 Å². The molecule has 0 aliphatic carbocycles. The minimum Gasteiger partial charge on any atom is -0.494 e. The number of rotatable bonds is 6. The summed E-state index contributed by atoms with van der Waals surface area (Å²) in [5.41, 5.74) is 2.97. The summed E-state index contributed by atoms with van der Waals surface area (Å²) in [5.74, 6) is 1.45. The molecule has 1 unspecified atom stereocenters. The van der Waals surface area contributed by atoms with E-state index in [1.165, 1.54) is 5.56 Å². The first kappa shape index (κ1) is 22.3. The van der Waals surface area contributed by atoms with Gasteiger partial charge in [-0.2, -0.15) is 0 Å². The highest BCUT2D eigenvalue weighted by Crippen LogP contribution is 2.32. The molecular formula is C26H33N3O3. The van der Waals surface area contributed by atoms with Gasteiger partial charge in [0, 0.05) is 25.3 Å². The van der Waals surface area contributed by atoms with Crippen LogP contribution in [-0.2, 0) is 16.0 Å². The number of ether oxygens (including phenoxy) is 1. The van der Waals surface area contributed by atoms with Crippen molar-refractivity contribution in [3.63, 3.8) is 0 Å². The summed E-state index contributed by atoms with van der Waals surface area (Å²) in [6.45, 7) is 7.25. The van der Waals surface area contributed by atoms with Crippen molar-refractivity contribution < 1.29 is 14.3 Å². The first-order chi connectivity index (χ1) is 15.5. The first-order valence-corrected chi connectivity index (χ1v) is 11.7. The number of amides is 2. The Morgan fingerprint density at radius 1 is 1.03 bits per heavy atom. The molecule has 1 saturated heterocycles. The van der Waals surface area contributed by atoms with E-state index in [0.29, 0.717) is 19.1 Å². The average molecular weight is 436 g/mol. The zero-order valence-corrected chi connectivity index (χ0v) is 19.0. The van der Waals surface area contributed by atoms with Crippen molar-refractivity contribution in [3.8, 4) is 5.75 Å². The third kappa shape index (κ3) is 5.13. The summed E-state index contributed by atoms with van der Waals surface area (Å²) >= 11 is 0. The number of piperidine rings is 1. The van der Waals surface area contributed by atoms with E-state index >= 15 is 0 Å². The largest absolute Gasteiger partial charge is 0.494 e. The highest BCUT2D eigenvalue weighted by Gasteiger charge is 2.37. The Hall–Kier alpha value is -2.86. The monoisotopic (exact) mass is 435 g/mol. The van der Waals surface area contributed by atoms with Gasteiger partial charge in [0.1, 0.15) is 11.8 Å². The molecule has 2 aliphatic heterocycles. The molecular weight excluding hydrogens is 402 g/mol. The van der Waals surface area contributed by atoms with Gasteiger partial charge in [0.25, 0.3) is 0 Å². The molecule has 0 spiro atoms. The molecule has 2 aromatic carbocycles. The molecule has 0 saturated carbocycles. The lowest BCUT2D eigenvalue weighted by Crippen LogP contribution is -2.50. The molecule has 0 radical (unpaired) electrons. The van der Waals surface area contributed by atoms with E-state index in [9.17, 15) is 9.59 Å². The molecule has 0 bridgehead atoms. The van der Waals surface area contributed by atoms with E-state index in [-0.39, 0.29) is 18.4 Å². The number of nitrogens with zero attached hydrogens (tertiary/aromatic N) is 2. The van der Waals surface area contributed by atoms with E-state index < -0.39 is 6.04 Å². The van der Waals surface area contributed by atoms with Crippen molar-refractivity contribution in [1.82, 2.24) is 9.80 Å². The lowest BCUT2D eigenvalue weighted by atomic mass is 9.90. The van der Waals surface area contributed by atoms with Crippen LogP contribution < -0.4 is 10.1 Å². The third-order valence-corrected chi connectivity index (χ3v) is 6.51. The first-order valence-electron chi connectivity index (χ1n) is 11.7. The van der Waals surface area contributed by atoms with E-state index in [2.05, 4.69) is 18.3 Å².